The molecule has 0 saturated carbocycles. The highest BCUT2D eigenvalue weighted by atomic mass is 32.2. The van der Waals surface area contributed by atoms with Gasteiger partial charge in [-0.3, -0.25) is 4.72 Å². The second kappa shape index (κ2) is 6.37. The number of nitrogens with one attached hydrogen (secondary N) is 2. The number of rotatable bonds is 6. The van der Waals surface area contributed by atoms with Crippen molar-refractivity contribution in [2.24, 2.45) is 0 Å². The van der Waals surface area contributed by atoms with Gasteiger partial charge in [-0.25, -0.2) is 8.42 Å². The highest BCUT2D eigenvalue weighted by Gasteiger charge is 2.21. The van der Waals surface area contributed by atoms with Gasteiger partial charge in [0, 0.05) is 6.54 Å². The van der Waals surface area contributed by atoms with Gasteiger partial charge in [0.1, 0.15) is 15.7 Å². The summed E-state index contributed by atoms with van der Waals surface area (Å²) < 4.78 is 32.5. The molecule has 1 heterocycles. The summed E-state index contributed by atoms with van der Waals surface area (Å²) in [7, 11) is -0.554. The average Bonchev–Trinajstić information content (AvgIpc) is 2.83. The van der Waals surface area contributed by atoms with Crippen LogP contribution in [-0.4, -0.2) is 32.8 Å². The summed E-state index contributed by atoms with van der Waals surface area (Å²) in [4.78, 5) is 0.0746. The molecule has 0 saturated heterocycles. The van der Waals surface area contributed by atoms with Crippen molar-refractivity contribution < 1.29 is 13.2 Å². The quantitative estimate of drug-likeness (QED) is 0.832. The lowest BCUT2D eigenvalue weighted by Gasteiger charge is -2.11. The van der Waals surface area contributed by atoms with Crippen LogP contribution in [0.1, 0.15) is 10.6 Å². The highest BCUT2D eigenvalue weighted by molar-refractivity contribution is 7.93. The predicted molar refractivity (Wildman–Crippen MR) is 81.2 cm³/mol. The van der Waals surface area contributed by atoms with E-state index in [1.165, 1.54) is 18.4 Å². The molecule has 0 bridgehead atoms. The smallest absolute Gasteiger partial charge is 0.267 e. The summed E-state index contributed by atoms with van der Waals surface area (Å²) in [5.74, 6) is 0.281. The summed E-state index contributed by atoms with van der Waals surface area (Å²) in [5, 5.41) is 11.4. The van der Waals surface area contributed by atoms with E-state index >= 15 is 0 Å². The molecule has 9 heteroatoms. The Morgan fingerprint density at radius 1 is 1.33 bits per heavy atom. The van der Waals surface area contributed by atoms with Gasteiger partial charge in [0.05, 0.1) is 7.11 Å². The summed E-state index contributed by atoms with van der Waals surface area (Å²) in [6.07, 6.45) is 0. The molecule has 2 aromatic rings. The van der Waals surface area contributed by atoms with Crippen molar-refractivity contribution in [2.45, 2.75) is 18.4 Å². The molecule has 0 radical (unpaired) electrons. The van der Waals surface area contributed by atoms with E-state index in [0.717, 1.165) is 5.56 Å². The van der Waals surface area contributed by atoms with Crippen LogP contribution >= 0.6 is 11.3 Å². The molecule has 0 amide bonds. The molecule has 2 rings (SSSR count). The van der Waals surface area contributed by atoms with Crippen molar-refractivity contribution in [3.63, 3.8) is 0 Å². The van der Waals surface area contributed by atoms with Gasteiger partial charge in [0.15, 0.2) is 0 Å². The standard InChI is InChI=1S/C12H16N4O3S2/c1-8-14-15-12(20-8)16-21(17,18)11-6-9(7-13-2)4-5-10(11)19-3/h4-6,13H,7H2,1-3H3,(H,15,16). The van der Waals surface area contributed by atoms with E-state index in [2.05, 4.69) is 20.2 Å². The van der Waals surface area contributed by atoms with Gasteiger partial charge in [0.25, 0.3) is 10.0 Å². The number of anilines is 1. The van der Waals surface area contributed by atoms with Crippen molar-refractivity contribution in [3.05, 3.63) is 28.8 Å². The van der Waals surface area contributed by atoms with Crippen LogP contribution in [0, 0.1) is 6.92 Å². The highest BCUT2D eigenvalue weighted by Crippen LogP contribution is 2.27. The first-order chi connectivity index (χ1) is 9.96. The van der Waals surface area contributed by atoms with Gasteiger partial charge in [-0.2, -0.15) is 0 Å². The molecule has 0 unspecified atom stereocenters. The van der Waals surface area contributed by atoms with Crippen LogP contribution in [0.2, 0.25) is 0 Å². The van der Waals surface area contributed by atoms with E-state index in [0.29, 0.717) is 11.6 Å². The number of sulfonamides is 1. The van der Waals surface area contributed by atoms with Crippen LogP contribution in [0.25, 0.3) is 0 Å². The molecule has 2 N–H and O–H groups in total. The maximum Gasteiger partial charge on any atom is 0.267 e. The first-order valence-electron chi connectivity index (χ1n) is 6.10. The molecule has 21 heavy (non-hydrogen) atoms. The second-order valence-electron chi connectivity index (χ2n) is 4.25. The van der Waals surface area contributed by atoms with Gasteiger partial charge in [-0.15, -0.1) is 10.2 Å². The van der Waals surface area contributed by atoms with Crippen LogP contribution in [-0.2, 0) is 16.6 Å². The lowest BCUT2D eigenvalue weighted by molar-refractivity contribution is 0.402. The molecule has 0 spiro atoms. The van der Waals surface area contributed by atoms with E-state index in [1.807, 2.05) is 6.07 Å². The fraction of sp³-hybridized carbons (Fsp3) is 0.333. The maximum atomic E-state index is 12.5. The van der Waals surface area contributed by atoms with Crippen LogP contribution in [0.3, 0.4) is 0 Å². The molecule has 7 nitrogen and oxygen atoms in total. The number of aromatic nitrogens is 2. The maximum absolute atomic E-state index is 12.5. The molecular weight excluding hydrogens is 312 g/mol. The van der Waals surface area contributed by atoms with Crippen LogP contribution in [0.15, 0.2) is 23.1 Å². The van der Waals surface area contributed by atoms with Gasteiger partial charge in [0.2, 0.25) is 5.13 Å². The van der Waals surface area contributed by atoms with Crippen molar-refractivity contribution in [1.82, 2.24) is 15.5 Å². The zero-order valence-corrected chi connectivity index (χ0v) is 13.5. The Hall–Kier alpha value is -1.71. The number of hydrogen-bond acceptors (Lipinski definition) is 7. The average molecular weight is 328 g/mol. The van der Waals surface area contributed by atoms with Crippen LogP contribution in [0.5, 0.6) is 5.75 Å². The van der Waals surface area contributed by atoms with Crippen LogP contribution < -0.4 is 14.8 Å². The SMILES string of the molecule is CNCc1ccc(OC)c(S(=O)(=O)Nc2nnc(C)s2)c1. The number of ether oxygens (including phenoxy) is 1. The van der Waals surface area contributed by atoms with E-state index in [4.69, 9.17) is 4.74 Å². The minimum atomic E-state index is -3.78. The van der Waals surface area contributed by atoms with Gasteiger partial charge < -0.3 is 10.1 Å². The van der Waals surface area contributed by atoms with E-state index in [1.54, 1.807) is 26.1 Å². The molecule has 0 aliphatic carbocycles. The molecule has 0 aliphatic rings. The fourth-order valence-corrected chi connectivity index (χ4v) is 3.80. The topological polar surface area (TPSA) is 93.2 Å². The Morgan fingerprint density at radius 2 is 2.10 bits per heavy atom. The Balaban J connectivity index is 2.39. The first-order valence-corrected chi connectivity index (χ1v) is 8.40. The number of aryl methyl sites for hydroxylation is 1. The Morgan fingerprint density at radius 3 is 2.67 bits per heavy atom. The minimum absolute atomic E-state index is 0.0746. The number of nitrogens with zero attached hydrogens (tertiary/aromatic N) is 2. The zero-order chi connectivity index (χ0) is 15.5. The zero-order valence-electron chi connectivity index (χ0n) is 11.9. The summed E-state index contributed by atoms with van der Waals surface area (Å²) in [6.45, 7) is 2.31. The number of methoxy groups -OCH3 is 1. The summed E-state index contributed by atoms with van der Waals surface area (Å²) in [5.41, 5.74) is 0.840. The van der Waals surface area contributed by atoms with Crippen molar-refractivity contribution in [3.8, 4) is 5.75 Å². The van der Waals surface area contributed by atoms with Gasteiger partial charge in [-0.1, -0.05) is 17.4 Å². The lowest BCUT2D eigenvalue weighted by atomic mass is 10.2. The summed E-state index contributed by atoms with van der Waals surface area (Å²) in [6, 6.07) is 5.02. The monoisotopic (exact) mass is 328 g/mol. The Kier molecular flexibility index (Phi) is 4.76. The largest absolute Gasteiger partial charge is 0.495 e. The molecule has 0 aliphatic heterocycles. The number of hydrogen-bond donors (Lipinski definition) is 2. The van der Waals surface area contributed by atoms with Gasteiger partial charge in [-0.05, 0) is 31.7 Å². The predicted octanol–water partition coefficient (Wildman–Crippen LogP) is 1.38. The molecular formula is C12H16N4O3S2. The molecule has 0 fully saturated rings. The Bertz CT molecular complexity index is 728. The van der Waals surface area contributed by atoms with Crippen molar-refractivity contribution in [2.75, 3.05) is 18.9 Å². The van der Waals surface area contributed by atoms with E-state index in [-0.39, 0.29) is 15.8 Å². The van der Waals surface area contributed by atoms with Gasteiger partial charge >= 0.3 is 0 Å². The first kappa shape index (κ1) is 15.7. The molecule has 114 valence electrons. The van der Waals surface area contributed by atoms with Crippen LogP contribution in [0.4, 0.5) is 5.13 Å². The Labute approximate surface area is 127 Å². The fourth-order valence-electron chi connectivity index (χ4n) is 1.75. The molecule has 1 aromatic carbocycles. The third kappa shape index (κ3) is 3.69. The lowest BCUT2D eigenvalue weighted by Crippen LogP contribution is -2.15. The van der Waals surface area contributed by atoms with E-state index < -0.39 is 10.0 Å². The molecule has 0 atom stereocenters. The third-order valence-corrected chi connectivity index (χ3v) is 4.89. The molecule has 1 aromatic heterocycles. The summed E-state index contributed by atoms with van der Waals surface area (Å²) >= 11 is 1.17. The third-order valence-electron chi connectivity index (χ3n) is 2.65. The van der Waals surface area contributed by atoms with E-state index in [9.17, 15) is 8.42 Å². The normalized spacial score (nSPS) is 11.4. The minimum Gasteiger partial charge on any atom is -0.495 e. The second-order valence-corrected chi connectivity index (χ2v) is 7.08. The number of benzene rings is 1. The van der Waals surface area contributed by atoms with Crippen molar-refractivity contribution in [1.29, 1.82) is 0 Å². The van der Waals surface area contributed by atoms with Crippen molar-refractivity contribution >= 4 is 26.5 Å².